The maximum Gasteiger partial charge on any atom is 0.306 e. The number of phosphoric ester groups is 1. The molecule has 9 nitrogen and oxygen atoms in total. The fourth-order valence-corrected chi connectivity index (χ4v) is 8.45. The van der Waals surface area contributed by atoms with E-state index in [9.17, 15) is 19.0 Å². The molecule has 74 heavy (non-hydrogen) atoms. The van der Waals surface area contributed by atoms with Gasteiger partial charge < -0.3 is 27.9 Å². The maximum atomic E-state index is 12.8. The van der Waals surface area contributed by atoms with Crippen LogP contribution >= 0.6 is 7.82 Å². The molecule has 0 N–H and O–H groups in total. The highest BCUT2D eigenvalue weighted by molar-refractivity contribution is 7.45. The Morgan fingerprint density at radius 3 is 1.16 bits per heavy atom. The number of likely N-dealkylation sites (N-methyl/N-ethyl adjacent to an activating group) is 1. The minimum absolute atomic E-state index is 0.0382. The molecule has 0 radical (unpaired) electrons. The molecule has 0 amide bonds. The van der Waals surface area contributed by atoms with Crippen LogP contribution < -0.4 is 4.89 Å². The lowest BCUT2D eigenvalue weighted by Gasteiger charge is -2.28. The van der Waals surface area contributed by atoms with Gasteiger partial charge in [-0.2, -0.15) is 0 Å². The van der Waals surface area contributed by atoms with Crippen LogP contribution in [-0.2, 0) is 32.7 Å². The van der Waals surface area contributed by atoms with Gasteiger partial charge in [-0.1, -0.05) is 226 Å². The van der Waals surface area contributed by atoms with Crippen molar-refractivity contribution in [3.05, 3.63) is 109 Å². The third-order valence-electron chi connectivity index (χ3n) is 12.3. The van der Waals surface area contributed by atoms with Crippen molar-refractivity contribution in [3.63, 3.8) is 0 Å². The third-order valence-corrected chi connectivity index (χ3v) is 13.2. The Labute approximate surface area is 455 Å². The zero-order valence-electron chi connectivity index (χ0n) is 48.0. The number of phosphoric acid groups is 1. The van der Waals surface area contributed by atoms with E-state index in [4.69, 9.17) is 18.5 Å². The van der Waals surface area contributed by atoms with Crippen molar-refractivity contribution in [1.29, 1.82) is 0 Å². The number of carbonyl (C=O) groups excluding carboxylic acids is 2. The number of unbranched alkanes of at least 4 members (excludes halogenated alkanes) is 21. The van der Waals surface area contributed by atoms with Crippen LogP contribution in [-0.4, -0.2) is 70.0 Å². The summed E-state index contributed by atoms with van der Waals surface area (Å²) in [7, 11) is 1.15. The third kappa shape index (κ3) is 57.9. The SMILES string of the molecule is CC/C=C\C/C=C\C/C=C\C/C=C\C/C=C\C/C=C\C/C=C\C/C=C\CCCCCCCCCCC(=O)OC(COC(=O)CCCCCCCCC/C=C\CCCCCCCC)COP(=O)([O-])OCC[N+](C)(C)C. The Bertz CT molecular complexity index is 1620. The van der Waals surface area contributed by atoms with Gasteiger partial charge >= 0.3 is 11.9 Å². The summed E-state index contributed by atoms with van der Waals surface area (Å²) in [6.45, 7) is 4.10. The Morgan fingerprint density at radius 1 is 0.432 bits per heavy atom. The molecule has 0 saturated carbocycles. The first kappa shape index (κ1) is 70.7. The zero-order chi connectivity index (χ0) is 54.2. The Morgan fingerprint density at radius 2 is 0.770 bits per heavy atom. The molecule has 0 aliphatic carbocycles. The normalized spacial score (nSPS) is 14.1. The van der Waals surface area contributed by atoms with E-state index >= 15 is 0 Å². The molecule has 2 unspecified atom stereocenters. The summed E-state index contributed by atoms with van der Waals surface area (Å²) in [4.78, 5) is 37.9. The second kappa shape index (κ2) is 54.5. The summed E-state index contributed by atoms with van der Waals surface area (Å²) in [6.07, 6.45) is 75.6. The molecular weight excluding hydrogens is 942 g/mol. The lowest BCUT2D eigenvalue weighted by Crippen LogP contribution is -2.37. The standard InChI is InChI=1S/C64H110NO8P/c1-6-8-10-12-14-16-18-20-22-24-25-26-27-28-29-30-31-32-33-34-35-36-37-38-39-41-43-45-47-49-51-53-55-57-64(67)73-62(61-72-74(68,69)71-59-58-65(3,4)5)60-70-63(66)56-54-52-50-48-46-44-42-40-23-21-19-17-15-13-11-9-7-2/h8,10,14,16,20-23,25-26,28-29,31-32,34-35,37-38,62H,6-7,9,11-13,15,17-19,24,27,30,33,36,39-61H2,1-5H3/b10-8-,16-14-,22-20-,23-21-,26-25-,29-28-,32-31-,35-34-,38-37-. The van der Waals surface area contributed by atoms with Gasteiger partial charge in [-0.15, -0.1) is 0 Å². The van der Waals surface area contributed by atoms with Gasteiger partial charge in [-0.25, -0.2) is 0 Å². The van der Waals surface area contributed by atoms with Crippen LogP contribution in [0.25, 0.3) is 0 Å². The Kier molecular flexibility index (Phi) is 52.0. The average molecular weight is 1050 g/mol. The van der Waals surface area contributed by atoms with Crippen LogP contribution in [0.1, 0.15) is 232 Å². The first-order valence-corrected chi connectivity index (χ1v) is 31.1. The molecule has 10 heteroatoms. The second-order valence-electron chi connectivity index (χ2n) is 20.6. The van der Waals surface area contributed by atoms with Crippen molar-refractivity contribution < 1.29 is 42.1 Å². The van der Waals surface area contributed by atoms with E-state index in [0.29, 0.717) is 17.4 Å². The van der Waals surface area contributed by atoms with Crippen molar-refractivity contribution in [2.24, 2.45) is 0 Å². The van der Waals surface area contributed by atoms with Crippen molar-refractivity contribution in [2.75, 3.05) is 47.5 Å². The molecule has 0 rings (SSSR count). The molecule has 0 heterocycles. The predicted octanol–water partition coefficient (Wildman–Crippen LogP) is 18.0. The van der Waals surface area contributed by atoms with Crippen molar-refractivity contribution in [2.45, 2.75) is 238 Å². The molecule has 0 saturated heterocycles. The Balaban J connectivity index is 4.19. The largest absolute Gasteiger partial charge is 0.756 e. The van der Waals surface area contributed by atoms with E-state index in [1.165, 1.54) is 89.9 Å². The summed E-state index contributed by atoms with van der Waals surface area (Å²) < 4.78 is 34.1. The van der Waals surface area contributed by atoms with Gasteiger partial charge in [0.2, 0.25) is 0 Å². The maximum absolute atomic E-state index is 12.8. The fraction of sp³-hybridized carbons (Fsp3) is 0.688. The lowest BCUT2D eigenvalue weighted by molar-refractivity contribution is -0.870. The molecule has 0 fully saturated rings. The number of esters is 2. The van der Waals surface area contributed by atoms with Crippen molar-refractivity contribution >= 4 is 19.8 Å². The molecule has 0 aliphatic heterocycles. The van der Waals surface area contributed by atoms with Crippen molar-refractivity contribution in [1.82, 2.24) is 0 Å². The zero-order valence-corrected chi connectivity index (χ0v) is 48.9. The molecular formula is C64H110NO8P. The quantitative estimate of drug-likeness (QED) is 0.0195. The van der Waals surface area contributed by atoms with E-state index in [-0.39, 0.29) is 26.1 Å². The molecule has 0 aliphatic rings. The van der Waals surface area contributed by atoms with E-state index in [0.717, 1.165) is 109 Å². The number of hydrogen-bond donors (Lipinski definition) is 0. The smallest absolute Gasteiger partial charge is 0.306 e. The number of quaternary nitrogens is 1. The van der Waals surface area contributed by atoms with Gasteiger partial charge in [0.25, 0.3) is 7.82 Å². The molecule has 0 aromatic rings. The number of allylic oxidation sites excluding steroid dienone is 18. The first-order chi connectivity index (χ1) is 36.0. The molecule has 2 atom stereocenters. The summed E-state index contributed by atoms with van der Waals surface area (Å²) in [5.74, 6) is -0.852. The van der Waals surface area contributed by atoms with Gasteiger partial charge in [0.15, 0.2) is 6.10 Å². The van der Waals surface area contributed by atoms with Crippen LogP contribution in [0.15, 0.2) is 109 Å². The summed E-state index contributed by atoms with van der Waals surface area (Å²) in [6, 6.07) is 0. The lowest BCUT2D eigenvalue weighted by atomic mass is 10.1. The number of nitrogens with zero attached hydrogens (tertiary/aromatic N) is 1. The van der Waals surface area contributed by atoms with Gasteiger partial charge in [0.1, 0.15) is 19.8 Å². The Hall–Kier alpha value is -3.33. The van der Waals surface area contributed by atoms with Gasteiger partial charge in [-0.3, -0.25) is 14.2 Å². The number of ether oxygens (including phenoxy) is 2. The van der Waals surface area contributed by atoms with Crippen LogP contribution in [0.3, 0.4) is 0 Å². The molecule has 0 aromatic heterocycles. The van der Waals surface area contributed by atoms with E-state index in [2.05, 4.69) is 123 Å². The fourth-order valence-electron chi connectivity index (χ4n) is 7.72. The molecule has 424 valence electrons. The van der Waals surface area contributed by atoms with Crippen molar-refractivity contribution in [3.8, 4) is 0 Å². The van der Waals surface area contributed by atoms with Crippen LogP contribution in [0.4, 0.5) is 0 Å². The summed E-state index contributed by atoms with van der Waals surface area (Å²) in [5, 5.41) is 0. The van der Waals surface area contributed by atoms with Crippen LogP contribution in [0.5, 0.6) is 0 Å². The highest BCUT2D eigenvalue weighted by Crippen LogP contribution is 2.38. The highest BCUT2D eigenvalue weighted by Gasteiger charge is 2.21. The number of rotatable bonds is 53. The number of hydrogen-bond acceptors (Lipinski definition) is 8. The van der Waals surface area contributed by atoms with E-state index in [1.54, 1.807) is 0 Å². The van der Waals surface area contributed by atoms with Gasteiger partial charge in [0.05, 0.1) is 27.7 Å². The van der Waals surface area contributed by atoms with Crippen LogP contribution in [0.2, 0.25) is 0 Å². The predicted molar refractivity (Wildman–Crippen MR) is 314 cm³/mol. The monoisotopic (exact) mass is 1050 g/mol. The second-order valence-corrected chi connectivity index (χ2v) is 22.0. The first-order valence-electron chi connectivity index (χ1n) is 29.6. The highest BCUT2D eigenvalue weighted by atomic mass is 31.2. The van der Waals surface area contributed by atoms with E-state index < -0.39 is 32.5 Å². The van der Waals surface area contributed by atoms with Crippen LogP contribution in [0, 0.1) is 0 Å². The minimum Gasteiger partial charge on any atom is -0.756 e. The van der Waals surface area contributed by atoms with Gasteiger partial charge in [0, 0.05) is 12.8 Å². The average Bonchev–Trinajstić information content (AvgIpc) is 3.36. The minimum atomic E-state index is -4.64. The van der Waals surface area contributed by atoms with Gasteiger partial charge in [-0.05, 0) is 103 Å². The summed E-state index contributed by atoms with van der Waals surface area (Å²) in [5.41, 5.74) is 0. The molecule has 0 spiro atoms. The summed E-state index contributed by atoms with van der Waals surface area (Å²) >= 11 is 0. The molecule has 0 aromatic carbocycles. The molecule has 0 bridgehead atoms. The number of carbonyl (C=O) groups is 2. The van der Waals surface area contributed by atoms with E-state index in [1.807, 2.05) is 21.1 Å². The topological polar surface area (TPSA) is 111 Å².